The summed E-state index contributed by atoms with van der Waals surface area (Å²) in [5, 5.41) is 0. The van der Waals surface area contributed by atoms with E-state index in [2.05, 4.69) is 77.1 Å². The second kappa shape index (κ2) is 13.6. The van der Waals surface area contributed by atoms with Crippen molar-refractivity contribution in [3.05, 3.63) is 87.0 Å². The van der Waals surface area contributed by atoms with Crippen molar-refractivity contribution in [2.45, 2.75) is 112 Å². The van der Waals surface area contributed by atoms with Crippen molar-refractivity contribution in [1.29, 1.82) is 0 Å². The first-order valence-electron chi connectivity index (χ1n) is 14.2. The molecule has 0 bridgehead atoms. The summed E-state index contributed by atoms with van der Waals surface area (Å²) in [7, 11) is 0. The van der Waals surface area contributed by atoms with Crippen LogP contribution in [-0.4, -0.2) is 4.70 Å². The van der Waals surface area contributed by atoms with Crippen LogP contribution in [0, 0.1) is 0 Å². The lowest BCUT2D eigenvalue weighted by atomic mass is 9.96. The molecular formula is C33H46N2. The Kier molecular flexibility index (Phi) is 10.5. The normalized spacial score (nSPS) is 13.6. The lowest BCUT2D eigenvalue weighted by molar-refractivity contribution is -0.344. The molecule has 3 rings (SSSR count). The first-order valence-corrected chi connectivity index (χ1v) is 14.2. The number of hydrogen-bond acceptors (Lipinski definition) is 0. The molecule has 0 amide bonds. The predicted octanol–water partition coefficient (Wildman–Crippen LogP) is 9.88. The van der Waals surface area contributed by atoms with E-state index in [1.54, 1.807) is 0 Å². The average Bonchev–Trinajstić information content (AvgIpc) is 3.21. The summed E-state index contributed by atoms with van der Waals surface area (Å²) in [6, 6.07) is 13.9. The highest BCUT2D eigenvalue weighted by Crippen LogP contribution is 2.38. The van der Waals surface area contributed by atoms with E-state index in [0.29, 0.717) is 0 Å². The zero-order chi connectivity index (χ0) is 25.2. The highest BCUT2D eigenvalue weighted by Gasteiger charge is 2.29. The summed E-state index contributed by atoms with van der Waals surface area (Å²) in [4.78, 5) is 0. The fraction of sp³-hybridized carbons (Fsp3) is 0.515. The number of hydrogen-bond donors (Lipinski definition) is 0. The molecule has 2 nitrogen and oxygen atoms in total. The highest BCUT2D eigenvalue weighted by atomic mass is 15.2. The van der Waals surface area contributed by atoms with Crippen molar-refractivity contribution in [2.75, 3.05) is 0 Å². The Balaban J connectivity index is 2.05. The van der Waals surface area contributed by atoms with Crippen LogP contribution in [0.1, 0.15) is 119 Å². The van der Waals surface area contributed by atoms with Gasteiger partial charge in [-0.25, -0.2) is 4.70 Å². The van der Waals surface area contributed by atoms with Gasteiger partial charge in [0, 0.05) is 22.8 Å². The number of unbranched alkanes of at least 4 members (excludes halogenated alkanes) is 4. The molecule has 0 saturated carbocycles. The SMILES string of the molecule is CCCCCC1=C(c2cc(CC)cc(CCCC)c2)[N+](=[N-])C(c2cc(CC)cc(CCCC)c2)=C1. The summed E-state index contributed by atoms with van der Waals surface area (Å²) < 4.78 is 1.50. The Labute approximate surface area is 214 Å². The van der Waals surface area contributed by atoms with E-state index in [1.165, 1.54) is 71.0 Å². The van der Waals surface area contributed by atoms with Gasteiger partial charge in [0.15, 0.2) is 0 Å². The lowest BCUT2D eigenvalue weighted by Crippen LogP contribution is -2.05. The Morgan fingerprint density at radius 3 is 1.63 bits per heavy atom. The molecule has 0 saturated heterocycles. The summed E-state index contributed by atoms with van der Waals surface area (Å²) >= 11 is 0. The predicted molar refractivity (Wildman–Crippen MR) is 152 cm³/mol. The molecule has 0 spiro atoms. The fourth-order valence-electron chi connectivity index (χ4n) is 5.09. The van der Waals surface area contributed by atoms with Gasteiger partial charge in [-0.3, -0.25) is 0 Å². The van der Waals surface area contributed by atoms with Crippen LogP contribution in [0.4, 0.5) is 0 Å². The Bertz CT molecular complexity index is 1070. The van der Waals surface area contributed by atoms with Gasteiger partial charge in [-0.15, -0.1) is 0 Å². The van der Waals surface area contributed by atoms with Crippen molar-refractivity contribution in [1.82, 2.24) is 0 Å². The van der Waals surface area contributed by atoms with Gasteiger partial charge in [-0.05, 0) is 97.9 Å². The van der Waals surface area contributed by atoms with Gasteiger partial charge in [-0.1, -0.05) is 72.4 Å². The minimum Gasteiger partial charge on any atom is -0.493 e. The standard InChI is InChI=1S/C33H46N2/c1-6-11-14-17-29-24-32(30-20-25(9-4)18-27(22-30)15-12-7-2)35(34)33(29)31-21-26(10-5)19-28(23-31)16-13-8-3/h18-24H,6-17H2,1-5H3. The number of allylic oxidation sites excluding steroid dienone is 2. The van der Waals surface area contributed by atoms with Crippen molar-refractivity contribution < 1.29 is 4.70 Å². The van der Waals surface area contributed by atoms with Crippen LogP contribution < -0.4 is 0 Å². The molecule has 35 heavy (non-hydrogen) atoms. The van der Waals surface area contributed by atoms with Crippen LogP contribution in [0.2, 0.25) is 0 Å². The molecule has 0 aliphatic carbocycles. The molecule has 1 heterocycles. The maximum Gasteiger partial charge on any atom is 0.210 e. The molecular weight excluding hydrogens is 424 g/mol. The van der Waals surface area contributed by atoms with E-state index in [0.717, 1.165) is 61.0 Å². The largest absolute Gasteiger partial charge is 0.493 e. The molecule has 0 fully saturated rings. The van der Waals surface area contributed by atoms with Gasteiger partial charge >= 0.3 is 0 Å². The van der Waals surface area contributed by atoms with E-state index in [-0.39, 0.29) is 0 Å². The minimum absolute atomic E-state index is 0.927. The van der Waals surface area contributed by atoms with Crippen LogP contribution in [0.3, 0.4) is 0 Å². The first kappa shape index (κ1) is 27.1. The molecule has 2 heteroatoms. The van der Waals surface area contributed by atoms with Crippen molar-refractivity contribution >= 4 is 11.4 Å². The molecule has 2 aromatic rings. The van der Waals surface area contributed by atoms with Gasteiger partial charge in [0.1, 0.15) is 0 Å². The van der Waals surface area contributed by atoms with Gasteiger partial charge < -0.3 is 5.53 Å². The van der Waals surface area contributed by atoms with Crippen LogP contribution in [-0.2, 0) is 25.7 Å². The molecule has 0 N–H and O–H groups in total. The maximum absolute atomic E-state index is 11.7. The maximum atomic E-state index is 11.7. The minimum atomic E-state index is 0.927. The summed E-state index contributed by atoms with van der Waals surface area (Å²) in [5.74, 6) is 0. The van der Waals surface area contributed by atoms with E-state index < -0.39 is 0 Å². The second-order valence-corrected chi connectivity index (χ2v) is 10.2. The molecule has 0 aromatic heterocycles. The van der Waals surface area contributed by atoms with E-state index >= 15 is 0 Å². The number of benzene rings is 2. The monoisotopic (exact) mass is 470 g/mol. The number of nitrogens with zero attached hydrogens (tertiary/aromatic N) is 2. The van der Waals surface area contributed by atoms with Crippen molar-refractivity contribution in [2.24, 2.45) is 0 Å². The zero-order valence-corrected chi connectivity index (χ0v) is 22.9. The molecule has 1 aliphatic heterocycles. The Morgan fingerprint density at radius 2 is 1.09 bits per heavy atom. The Hall–Kier alpha value is -2.48. The summed E-state index contributed by atoms with van der Waals surface area (Å²) in [5.41, 5.74) is 22.6. The average molecular weight is 471 g/mol. The molecule has 2 aromatic carbocycles. The van der Waals surface area contributed by atoms with Crippen molar-refractivity contribution in [3.63, 3.8) is 0 Å². The summed E-state index contributed by atoms with van der Waals surface area (Å²) in [6.07, 6.45) is 15.8. The number of rotatable bonds is 14. The zero-order valence-electron chi connectivity index (χ0n) is 22.9. The highest BCUT2D eigenvalue weighted by molar-refractivity contribution is 5.79. The topological polar surface area (TPSA) is 25.3 Å². The van der Waals surface area contributed by atoms with Crippen LogP contribution in [0.25, 0.3) is 16.9 Å². The molecule has 188 valence electrons. The third-order valence-electron chi connectivity index (χ3n) is 7.23. The van der Waals surface area contributed by atoms with Crippen LogP contribution in [0.5, 0.6) is 0 Å². The van der Waals surface area contributed by atoms with Crippen molar-refractivity contribution in [3.8, 4) is 0 Å². The van der Waals surface area contributed by atoms with Gasteiger partial charge in [0.05, 0.1) is 0 Å². The molecule has 0 radical (unpaired) electrons. The van der Waals surface area contributed by atoms with E-state index in [1.807, 2.05) is 0 Å². The first-order chi connectivity index (χ1) is 17.0. The molecule has 0 atom stereocenters. The Morgan fingerprint density at radius 1 is 0.571 bits per heavy atom. The second-order valence-electron chi connectivity index (χ2n) is 10.2. The number of aryl methyl sites for hydroxylation is 4. The molecule has 0 unspecified atom stereocenters. The third-order valence-corrected chi connectivity index (χ3v) is 7.23. The quantitative estimate of drug-likeness (QED) is 0.194. The van der Waals surface area contributed by atoms with Gasteiger partial charge in [-0.2, -0.15) is 0 Å². The van der Waals surface area contributed by atoms with Crippen LogP contribution >= 0.6 is 0 Å². The fourth-order valence-corrected chi connectivity index (χ4v) is 5.09. The third kappa shape index (κ3) is 7.03. The summed E-state index contributed by atoms with van der Waals surface area (Å²) in [6.45, 7) is 11.2. The van der Waals surface area contributed by atoms with Crippen LogP contribution in [0.15, 0.2) is 48.0 Å². The van der Waals surface area contributed by atoms with Gasteiger partial charge in [0.2, 0.25) is 11.4 Å². The lowest BCUT2D eigenvalue weighted by Gasteiger charge is -2.14. The van der Waals surface area contributed by atoms with E-state index in [4.69, 9.17) is 0 Å². The van der Waals surface area contributed by atoms with Gasteiger partial charge in [0.25, 0.3) is 0 Å². The smallest absolute Gasteiger partial charge is 0.210 e. The van der Waals surface area contributed by atoms with E-state index in [9.17, 15) is 5.53 Å². The molecule has 1 aliphatic rings.